The van der Waals surface area contributed by atoms with Crippen LogP contribution in [-0.2, 0) is 4.74 Å². The lowest BCUT2D eigenvalue weighted by Gasteiger charge is -2.42. The monoisotopic (exact) mass is 290 g/mol. The van der Waals surface area contributed by atoms with Crippen LogP contribution in [0.2, 0.25) is 0 Å². The Morgan fingerprint density at radius 3 is 2.38 bits per heavy atom. The molecule has 1 fully saturated rings. The fourth-order valence-corrected chi connectivity index (χ4v) is 3.13. The van der Waals surface area contributed by atoms with E-state index in [9.17, 15) is 0 Å². The molecule has 1 saturated heterocycles. The molecule has 0 spiro atoms. The third-order valence-corrected chi connectivity index (χ3v) is 4.61. The molecule has 0 radical (unpaired) electrons. The van der Waals surface area contributed by atoms with Crippen LogP contribution in [0.5, 0.6) is 0 Å². The Balaban J connectivity index is 2.10. The lowest BCUT2D eigenvalue weighted by molar-refractivity contribution is 0.0186. The van der Waals surface area contributed by atoms with Crippen molar-refractivity contribution in [2.75, 3.05) is 44.3 Å². The van der Waals surface area contributed by atoms with E-state index in [-0.39, 0.29) is 0 Å². The van der Waals surface area contributed by atoms with E-state index in [0.717, 1.165) is 52.2 Å². The predicted molar refractivity (Wildman–Crippen MR) is 90.1 cm³/mol. The Labute approximate surface area is 129 Å². The topological polar surface area (TPSA) is 24.5 Å². The lowest BCUT2D eigenvalue weighted by Crippen LogP contribution is -2.47. The number of hydrogen-bond acceptors (Lipinski definition) is 3. The minimum Gasteiger partial charge on any atom is -0.381 e. The first-order valence-corrected chi connectivity index (χ1v) is 8.29. The predicted octanol–water partition coefficient (Wildman–Crippen LogP) is 3.23. The fraction of sp³-hybridized carbons (Fsp3) is 0.667. The summed E-state index contributed by atoms with van der Waals surface area (Å²) in [6.07, 6.45) is 2.31. The van der Waals surface area contributed by atoms with Crippen molar-refractivity contribution < 1.29 is 4.74 Å². The first-order chi connectivity index (χ1) is 10.2. The van der Waals surface area contributed by atoms with E-state index < -0.39 is 0 Å². The van der Waals surface area contributed by atoms with E-state index in [1.807, 2.05) is 0 Å². The molecular weight excluding hydrogens is 260 g/mol. The molecule has 3 heteroatoms. The molecule has 0 unspecified atom stereocenters. The van der Waals surface area contributed by atoms with Crippen LogP contribution in [0.25, 0.3) is 0 Å². The second-order valence-electron chi connectivity index (χ2n) is 6.24. The first-order valence-electron chi connectivity index (χ1n) is 8.29. The maximum Gasteiger partial charge on any atom is 0.0472 e. The molecule has 21 heavy (non-hydrogen) atoms. The minimum absolute atomic E-state index is 0.342. The summed E-state index contributed by atoms with van der Waals surface area (Å²) in [4.78, 5) is 2.52. The summed E-state index contributed by atoms with van der Waals surface area (Å²) in [7, 11) is 0. The summed E-state index contributed by atoms with van der Waals surface area (Å²) in [5.74, 6) is 0. The molecule has 0 atom stereocenters. The molecule has 1 heterocycles. The van der Waals surface area contributed by atoms with E-state index >= 15 is 0 Å². The summed E-state index contributed by atoms with van der Waals surface area (Å²) in [5.41, 5.74) is 3.00. The van der Waals surface area contributed by atoms with Gasteiger partial charge in [-0.3, -0.25) is 0 Å². The van der Waals surface area contributed by atoms with Crippen molar-refractivity contribution in [2.45, 2.75) is 33.6 Å². The van der Waals surface area contributed by atoms with Crippen molar-refractivity contribution in [2.24, 2.45) is 5.41 Å². The van der Waals surface area contributed by atoms with E-state index in [1.54, 1.807) is 0 Å². The van der Waals surface area contributed by atoms with Gasteiger partial charge in [0, 0.05) is 44.0 Å². The normalized spacial score (nSPS) is 17.7. The van der Waals surface area contributed by atoms with Crippen molar-refractivity contribution in [1.29, 1.82) is 0 Å². The van der Waals surface area contributed by atoms with Gasteiger partial charge in [0.25, 0.3) is 0 Å². The molecule has 0 amide bonds. The van der Waals surface area contributed by atoms with Crippen molar-refractivity contribution in [3.63, 3.8) is 0 Å². The summed E-state index contributed by atoms with van der Waals surface area (Å²) in [6.45, 7) is 12.7. The second kappa shape index (κ2) is 7.81. The standard InChI is InChI=1S/C18H30N2O/c1-4-19-14-18(10-12-21-13-11-18)15-20(5-2)17-8-6-16(3)7-9-17/h6-9,19H,4-5,10-15H2,1-3H3. The van der Waals surface area contributed by atoms with E-state index in [0.29, 0.717) is 5.41 Å². The first kappa shape index (κ1) is 16.3. The zero-order valence-electron chi connectivity index (χ0n) is 13.8. The molecule has 0 aromatic heterocycles. The Morgan fingerprint density at radius 2 is 1.81 bits per heavy atom. The van der Waals surface area contributed by atoms with Crippen molar-refractivity contribution in [1.82, 2.24) is 5.32 Å². The van der Waals surface area contributed by atoms with Crippen LogP contribution in [0.4, 0.5) is 5.69 Å². The van der Waals surface area contributed by atoms with Crippen LogP contribution in [-0.4, -0.2) is 39.4 Å². The molecule has 2 rings (SSSR count). The van der Waals surface area contributed by atoms with Crippen LogP contribution in [0.15, 0.2) is 24.3 Å². The second-order valence-corrected chi connectivity index (χ2v) is 6.24. The number of rotatable bonds is 7. The zero-order valence-corrected chi connectivity index (χ0v) is 13.8. The summed E-state index contributed by atoms with van der Waals surface area (Å²) < 4.78 is 5.60. The molecular formula is C18H30N2O. The number of benzene rings is 1. The highest BCUT2D eigenvalue weighted by atomic mass is 16.5. The number of hydrogen-bond donors (Lipinski definition) is 1. The zero-order chi connectivity index (χ0) is 15.1. The van der Waals surface area contributed by atoms with Gasteiger partial charge in [-0.15, -0.1) is 0 Å². The smallest absolute Gasteiger partial charge is 0.0472 e. The fourth-order valence-electron chi connectivity index (χ4n) is 3.13. The average molecular weight is 290 g/mol. The average Bonchev–Trinajstić information content (AvgIpc) is 2.53. The number of nitrogens with one attached hydrogen (secondary N) is 1. The van der Waals surface area contributed by atoms with Gasteiger partial charge < -0.3 is 15.0 Å². The van der Waals surface area contributed by atoms with Crippen LogP contribution in [0, 0.1) is 12.3 Å². The van der Waals surface area contributed by atoms with E-state index in [4.69, 9.17) is 4.74 Å². The van der Waals surface area contributed by atoms with Crippen molar-refractivity contribution in [3.8, 4) is 0 Å². The molecule has 1 aromatic rings. The highest BCUT2D eigenvalue weighted by Crippen LogP contribution is 2.32. The summed E-state index contributed by atoms with van der Waals surface area (Å²) in [6, 6.07) is 8.91. The molecule has 0 saturated carbocycles. The largest absolute Gasteiger partial charge is 0.381 e. The van der Waals surface area contributed by atoms with Gasteiger partial charge >= 0.3 is 0 Å². The van der Waals surface area contributed by atoms with Crippen LogP contribution in [0.3, 0.4) is 0 Å². The van der Waals surface area contributed by atoms with Gasteiger partial charge in [-0.05, 0) is 45.4 Å². The van der Waals surface area contributed by atoms with Gasteiger partial charge in [0.1, 0.15) is 0 Å². The summed E-state index contributed by atoms with van der Waals surface area (Å²) in [5, 5.41) is 3.57. The Bertz CT molecular complexity index is 410. The minimum atomic E-state index is 0.342. The molecule has 0 bridgehead atoms. The van der Waals surface area contributed by atoms with Gasteiger partial charge in [0.15, 0.2) is 0 Å². The number of ether oxygens (including phenoxy) is 1. The van der Waals surface area contributed by atoms with Gasteiger partial charge in [0.2, 0.25) is 0 Å². The number of aryl methyl sites for hydroxylation is 1. The van der Waals surface area contributed by atoms with E-state index in [2.05, 4.69) is 55.3 Å². The third kappa shape index (κ3) is 4.45. The number of nitrogens with zero attached hydrogens (tertiary/aromatic N) is 1. The molecule has 0 aliphatic carbocycles. The van der Waals surface area contributed by atoms with Gasteiger partial charge in [-0.1, -0.05) is 24.6 Å². The molecule has 1 aromatic carbocycles. The number of anilines is 1. The lowest BCUT2D eigenvalue weighted by atomic mass is 9.79. The molecule has 118 valence electrons. The molecule has 3 nitrogen and oxygen atoms in total. The van der Waals surface area contributed by atoms with E-state index in [1.165, 1.54) is 11.3 Å². The Morgan fingerprint density at radius 1 is 1.14 bits per heavy atom. The molecule has 1 N–H and O–H groups in total. The maximum atomic E-state index is 5.60. The van der Waals surface area contributed by atoms with Crippen LogP contribution in [0.1, 0.15) is 32.3 Å². The SMILES string of the molecule is CCNCC1(CN(CC)c2ccc(C)cc2)CCOCC1. The maximum absolute atomic E-state index is 5.60. The highest BCUT2D eigenvalue weighted by Gasteiger charge is 2.34. The quantitative estimate of drug-likeness (QED) is 0.834. The molecule has 1 aliphatic rings. The van der Waals surface area contributed by atoms with Crippen LogP contribution < -0.4 is 10.2 Å². The Kier molecular flexibility index (Phi) is 6.07. The van der Waals surface area contributed by atoms with Crippen molar-refractivity contribution >= 4 is 5.69 Å². The van der Waals surface area contributed by atoms with Gasteiger partial charge in [-0.2, -0.15) is 0 Å². The van der Waals surface area contributed by atoms with Crippen LogP contribution >= 0.6 is 0 Å². The molecule has 1 aliphatic heterocycles. The summed E-state index contributed by atoms with van der Waals surface area (Å²) >= 11 is 0. The highest BCUT2D eigenvalue weighted by molar-refractivity contribution is 5.47. The Hall–Kier alpha value is -1.06. The third-order valence-electron chi connectivity index (χ3n) is 4.61. The van der Waals surface area contributed by atoms with Gasteiger partial charge in [0.05, 0.1) is 0 Å². The van der Waals surface area contributed by atoms with Crippen molar-refractivity contribution in [3.05, 3.63) is 29.8 Å². The van der Waals surface area contributed by atoms with Gasteiger partial charge in [-0.25, -0.2) is 0 Å².